The molecule has 0 saturated carbocycles. The number of hydrogen-bond donors (Lipinski definition) is 3. The molecule has 0 aromatic heterocycles. The lowest BCUT2D eigenvalue weighted by molar-refractivity contribution is -0.161. The molecule has 0 heterocycles. The van der Waals surface area contributed by atoms with Crippen LogP contribution in [0.4, 0.5) is 0 Å². The molecule has 0 saturated heterocycles. The van der Waals surface area contributed by atoms with E-state index in [2.05, 4.69) is 155 Å². The first-order valence-corrected chi connectivity index (χ1v) is 43.1. The molecule has 19 heteroatoms. The minimum absolute atomic E-state index is 0.0294. The molecule has 0 bridgehead atoms. The van der Waals surface area contributed by atoms with E-state index in [1.54, 1.807) is 0 Å². The molecule has 0 fully saturated rings. The maximum Gasteiger partial charge on any atom is 0.472 e. The average Bonchev–Trinajstić information content (AvgIpc) is 0.911. The van der Waals surface area contributed by atoms with Crippen LogP contribution in [0, 0.1) is 0 Å². The Balaban J connectivity index is 5.44. The predicted octanol–water partition coefficient (Wildman–Crippen LogP) is 23.4. The summed E-state index contributed by atoms with van der Waals surface area (Å²) >= 11 is 0. The summed E-state index contributed by atoms with van der Waals surface area (Å²) in [5, 5.41) is 10.6. The quantitative estimate of drug-likeness (QED) is 0.0169. The Morgan fingerprint density at radius 3 is 0.856 bits per heavy atom. The molecular weight excluding hydrogens is 1350 g/mol. The van der Waals surface area contributed by atoms with Gasteiger partial charge < -0.3 is 33.8 Å². The molecule has 104 heavy (non-hydrogen) atoms. The van der Waals surface area contributed by atoms with Crippen molar-refractivity contribution in [2.75, 3.05) is 39.6 Å². The summed E-state index contributed by atoms with van der Waals surface area (Å²) in [5.74, 6) is -2.31. The highest BCUT2D eigenvalue weighted by Gasteiger charge is 2.30. The van der Waals surface area contributed by atoms with Gasteiger partial charge in [-0.05, 0) is 154 Å². The Morgan fingerprint density at radius 1 is 0.279 bits per heavy atom. The molecule has 0 aromatic rings. The van der Waals surface area contributed by atoms with Gasteiger partial charge in [0.2, 0.25) is 0 Å². The molecule has 0 aromatic carbocycles. The number of ether oxygens (including phenoxy) is 4. The SMILES string of the molecule is CC/C=C\C/C=C\C/C=C\C/C=C\C/C=C\C/C=C\CCC(=O)OCC(COP(=O)(O)OCC(O)COP(=O)(O)OCC(COC(=O)CCCCCCCCC/C=C\C/C=C\C/C=C\CC)OC(=O)CCCCCCC/C=C\CCCCCC)OC(=O)CCCCCCC/C=C\C/C=C\CCCCC. The van der Waals surface area contributed by atoms with Gasteiger partial charge in [0, 0.05) is 25.7 Å². The highest BCUT2D eigenvalue weighted by Crippen LogP contribution is 2.45. The van der Waals surface area contributed by atoms with Crippen LogP contribution >= 0.6 is 15.6 Å². The average molecular weight is 1500 g/mol. The van der Waals surface area contributed by atoms with E-state index in [1.807, 2.05) is 18.2 Å². The fourth-order valence-corrected chi connectivity index (χ4v) is 11.8. The van der Waals surface area contributed by atoms with Crippen molar-refractivity contribution < 1.29 is 80.2 Å². The molecule has 0 spiro atoms. The fraction of sp³-hybridized carbons (Fsp3) is 0.671. The summed E-state index contributed by atoms with van der Waals surface area (Å²) in [5.41, 5.74) is 0. The Labute approximate surface area is 630 Å². The number of hydrogen-bond acceptors (Lipinski definition) is 15. The molecule has 5 atom stereocenters. The minimum Gasteiger partial charge on any atom is -0.462 e. The predicted molar refractivity (Wildman–Crippen MR) is 427 cm³/mol. The van der Waals surface area contributed by atoms with E-state index < -0.39 is 97.5 Å². The number of aliphatic hydroxyl groups excluding tert-OH is 1. The Hall–Kier alpha value is -5.06. The van der Waals surface area contributed by atoms with E-state index in [0.717, 1.165) is 180 Å². The van der Waals surface area contributed by atoms with Gasteiger partial charge in [-0.3, -0.25) is 37.3 Å². The first kappa shape index (κ1) is 98.9. The van der Waals surface area contributed by atoms with E-state index in [-0.39, 0.29) is 25.7 Å². The zero-order valence-electron chi connectivity index (χ0n) is 64.9. The summed E-state index contributed by atoms with van der Waals surface area (Å²) in [6.45, 7) is 4.49. The number of carbonyl (C=O) groups is 4. The summed E-state index contributed by atoms with van der Waals surface area (Å²) in [4.78, 5) is 73.0. The number of phosphoric acid groups is 2. The number of phosphoric ester groups is 2. The van der Waals surface area contributed by atoms with Crippen molar-refractivity contribution in [2.24, 2.45) is 0 Å². The van der Waals surface area contributed by atoms with Crippen LogP contribution in [0.5, 0.6) is 0 Å². The third-order valence-corrected chi connectivity index (χ3v) is 18.2. The highest BCUT2D eigenvalue weighted by molar-refractivity contribution is 7.47. The van der Waals surface area contributed by atoms with E-state index in [1.165, 1.54) is 44.9 Å². The normalized spacial score (nSPS) is 14.6. The number of carbonyl (C=O) groups excluding carboxylic acids is 4. The Kier molecular flexibility index (Phi) is 72.4. The van der Waals surface area contributed by atoms with Crippen molar-refractivity contribution in [2.45, 2.75) is 329 Å². The van der Waals surface area contributed by atoms with Crippen LogP contribution < -0.4 is 0 Å². The molecule has 0 aliphatic carbocycles. The number of unbranched alkanes of at least 4 members (excludes halogenated alkanes) is 24. The molecule has 0 radical (unpaired) electrons. The summed E-state index contributed by atoms with van der Waals surface area (Å²) in [7, 11) is -9.99. The lowest BCUT2D eigenvalue weighted by Gasteiger charge is -2.21. The van der Waals surface area contributed by atoms with Crippen LogP contribution in [0.3, 0.4) is 0 Å². The van der Waals surface area contributed by atoms with Gasteiger partial charge in [0.25, 0.3) is 0 Å². The molecule has 0 aliphatic rings. The first-order chi connectivity index (χ1) is 50.7. The van der Waals surface area contributed by atoms with Gasteiger partial charge in [-0.1, -0.05) is 276 Å². The van der Waals surface area contributed by atoms with Crippen LogP contribution in [0.25, 0.3) is 0 Å². The van der Waals surface area contributed by atoms with Crippen molar-refractivity contribution in [1.82, 2.24) is 0 Å². The second-order valence-electron chi connectivity index (χ2n) is 26.2. The monoisotopic (exact) mass is 1500 g/mol. The summed E-state index contributed by atoms with van der Waals surface area (Å²) < 4.78 is 68.5. The van der Waals surface area contributed by atoms with Gasteiger partial charge in [0.05, 0.1) is 26.4 Å². The van der Waals surface area contributed by atoms with Gasteiger partial charge in [0.15, 0.2) is 12.2 Å². The van der Waals surface area contributed by atoms with Crippen molar-refractivity contribution in [3.63, 3.8) is 0 Å². The minimum atomic E-state index is -5.00. The van der Waals surface area contributed by atoms with Gasteiger partial charge in [0.1, 0.15) is 19.3 Å². The van der Waals surface area contributed by atoms with Crippen molar-refractivity contribution in [3.05, 3.63) is 146 Å². The van der Waals surface area contributed by atoms with Gasteiger partial charge in [-0.15, -0.1) is 0 Å². The largest absolute Gasteiger partial charge is 0.472 e. The first-order valence-electron chi connectivity index (χ1n) is 40.1. The smallest absolute Gasteiger partial charge is 0.462 e. The highest BCUT2D eigenvalue weighted by atomic mass is 31.2. The van der Waals surface area contributed by atoms with Crippen LogP contribution in [0.2, 0.25) is 0 Å². The molecule has 594 valence electrons. The standard InChI is InChI=1S/C85H142O17P2/c1-5-9-13-17-21-25-29-33-36-38-39-41-44-47-50-54-58-62-66-70-83(88)96-76-81(102-85(90)72-68-64-60-56-52-48-42-35-31-27-23-19-15-11-7-3)78-100-104(93,94)98-74-79(86)73-97-103(91,92)99-77-80(101-84(89)71-67-63-59-55-51-45-32-28-24-20-16-12-8-4)75-95-82(87)69-65-61-57-53-49-46-43-40-37-34-30-26-22-18-14-10-6-2/h9-10,13-14,21-23,25-28,32-37,39,41-42,47,50,58,62,79-81,86H,5-8,11-12,15-20,24,29-31,38,40,43-46,48-49,51-57,59-61,63-78H2,1-4H3,(H,91,92)(H,93,94)/b13-9-,14-10-,25-21-,26-22-,27-23-,32-28-,36-33-,37-34-,41-39-,42-35-,50-47-,62-58-. The van der Waals surface area contributed by atoms with E-state index >= 15 is 0 Å². The van der Waals surface area contributed by atoms with E-state index in [9.17, 15) is 43.2 Å². The van der Waals surface area contributed by atoms with Crippen LogP contribution in [-0.2, 0) is 65.4 Å². The number of aliphatic hydroxyl groups is 1. The second kappa shape index (κ2) is 76.1. The zero-order valence-corrected chi connectivity index (χ0v) is 66.7. The van der Waals surface area contributed by atoms with Gasteiger partial charge >= 0.3 is 39.5 Å². The third kappa shape index (κ3) is 75.2. The van der Waals surface area contributed by atoms with Gasteiger partial charge in [-0.2, -0.15) is 0 Å². The van der Waals surface area contributed by atoms with Crippen LogP contribution in [-0.4, -0.2) is 96.7 Å². The number of rotatable bonds is 74. The molecule has 0 rings (SSSR count). The van der Waals surface area contributed by atoms with Crippen molar-refractivity contribution in [1.29, 1.82) is 0 Å². The lowest BCUT2D eigenvalue weighted by Crippen LogP contribution is -2.30. The van der Waals surface area contributed by atoms with Crippen molar-refractivity contribution in [3.8, 4) is 0 Å². The van der Waals surface area contributed by atoms with Crippen LogP contribution in [0.15, 0.2) is 146 Å². The topological polar surface area (TPSA) is 237 Å². The zero-order chi connectivity index (χ0) is 76.0. The molecule has 0 aliphatic heterocycles. The van der Waals surface area contributed by atoms with Crippen LogP contribution in [0.1, 0.15) is 310 Å². The molecule has 0 amide bonds. The second-order valence-corrected chi connectivity index (χ2v) is 29.1. The number of esters is 4. The maximum atomic E-state index is 13.1. The molecule has 5 unspecified atom stereocenters. The van der Waals surface area contributed by atoms with Gasteiger partial charge in [-0.25, -0.2) is 9.13 Å². The van der Waals surface area contributed by atoms with Crippen molar-refractivity contribution >= 4 is 39.5 Å². The summed E-state index contributed by atoms with van der Waals surface area (Å²) in [6.07, 6.45) is 86.9. The Bertz CT molecular complexity index is 2540. The third-order valence-electron chi connectivity index (χ3n) is 16.3. The number of allylic oxidation sites excluding steroid dienone is 24. The summed E-state index contributed by atoms with van der Waals surface area (Å²) in [6, 6.07) is 0. The maximum absolute atomic E-state index is 13.1. The fourth-order valence-electron chi connectivity index (χ4n) is 10.2. The van der Waals surface area contributed by atoms with E-state index in [0.29, 0.717) is 32.1 Å². The van der Waals surface area contributed by atoms with E-state index in [4.69, 9.17) is 37.0 Å². The molecule has 17 nitrogen and oxygen atoms in total. The molecule has 3 N–H and O–H groups in total. The lowest BCUT2D eigenvalue weighted by atomic mass is 10.1. The Morgan fingerprint density at radius 2 is 0.519 bits per heavy atom. The molecular formula is C85H142O17P2.